The topological polar surface area (TPSA) is 32.3 Å². The Hall–Kier alpha value is -1.13. The van der Waals surface area contributed by atoms with Crippen LogP contribution in [-0.4, -0.2) is 30.9 Å². The van der Waals surface area contributed by atoms with Gasteiger partial charge >= 0.3 is 0 Å². The van der Waals surface area contributed by atoms with Gasteiger partial charge in [0, 0.05) is 25.2 Å². The summed E-state index contributed by atoms with van der Waals surface area (Å²) in [5.74, 6) is -0.381. The summed E-state index contributed by atoms with van der Waals surface area (Å²) in [7, 11) is 3.41. The summed E-state index contributed by atoms with van der Waals surface area (Å²) in [6.07, 6.45) is 0. The van der Waals surface area contributed by atoms with Crippen LogP contribution >= 0.6 is 11.6 Å². The molecule has 1 aromatic carbocycles. The summed E-state index contributed by atoms with van der Waals surface area (Å²) in [5.41, 5.74) is 0.775. The molecule has 0 fully saturated rings. The number of nitrogens with zero attached hydrogens (tertiary/aromatic N) is 1. The molecule has 1 N–H and O–H groups in total. The van der Waals surface area contributed by atoms with Crippen LogP contribution in [0.1, 0.15) is 25.5 Å². The zero-order chi connectivity index (χ0) is 13.9. The van der Waals surface area contributed by atoms with Crippen molar-refractivity contribution in [3.8, 4) is 0 Å². The number of benzene rings is 1. The van der Waals surface area contributed by atoms with E-state index in [9.17, 15) is 9.18 Å². The molecular weight excluding hydrogens is 255 g/mol. The minimum absolute atomic E-state index is 0.0138. The normalized spacial score (nSPS) is 14.1. The number of rotatable bonds is 4. The minimum atomic E-state index is -0.367. The Labute approximate surface area is 112 Å². The third-order valence-electron chi connectivity index (χ3n) is 2.74. The van der Waals surface area contributed by atoms with E-state index in [0.717, 1.165) is 5.56 Å². The van der Waals surface area contributed by atoms with Crippen molar-refractivity contribution < 1.29 is 9.18 Å². The van der Waals surface area contributed by atoms with Crippen LogP contribution in [0.5, 0.6) is 0 Å². The van der Waals surface area contributed by atoms with E-state index in [4.69, 9.17) is 11.6 Å². The maximum absolute atomic E-state index is 12.9. The largest absolute Gasteiger partial charge is 0.347 e. The van der Waals surface area contributed by atoms with Crippen molar-refractivity contribution in [1.29, 1.82) is 0 Å². The molecular formula is C13H18ClFN2O. The number of nitrogens with one attached hydrogen (secondary N) is 1. The molecule has 0 aliphatic carbocycles. The molecule has 0 heterocycles. The predicted octanol–water partition coefficient (Wildman–Crippen LogP) is 2.61. The molecule has 2 atom stereocenters. The fourth-order valence-corrected chi connectivity index (χ4v) is 2.11. The second kappa shape index (κ2) is 6.16. The van der Waals surface area contributed by atoms with Crippen molar-refractivity contribution in [2.24, 2.45) is 0 Å². The van der Waals surface area contributed by atoms with Crippen LogP contribution in [0.15, 0.2) is 18.2 Å². The number of amides is 1. The summed E-state index contributed by atoms with van der Waals surface area (Å²) in [4.78, 5) is 13.2. The zero-order valence-electron chi connectivity index (χ0n) is 11.0. The molecule has 3 nitrogen and oxygen atoms in total. The predicted molar refractivity (Wildman–Crippen MR) is 71.1 cm³/mol. The minimum Gasteiger partial charge on any atom is -0.347 e. The van der Waals surface area contributed by atoms with Crippen molar-refractivity contribution in [1.82, 2.24) is 10.2 Å². The Morgan fingerprint density at radius 3 is 2.50 bits per heavy atom. The summed E-state index contributed by atoms with van der Waals surface area (Å²) in [5, 5.41) is 3.50. The average molecular weight is 273 g/mol. The number of carbonyl (C=O) groups is 1. The summed E-state index contributed by atoms with van der Waals surface area (Å²) >= 11 is 5.97. The first-order chi connectivity index (χ1) is 8.32. The van der Waals surface area contributed by atoms with Crippen molar-refractivity contribution >= 4 is 17.5 Å². The van der Waals surface area contributed by atoms with E-state index in [-0.39, 0.29) is 23.8 Å². The third kappa shape index (κ3) is 3.68. The molecule has 0 bridgehead atoms. The molecule has 18 heavy (non-hydrogen) atoms. The molecule has 2 unspecified atom stereocenters. The fourth-order valence-electron chi connectivity index (χ4n) is 1.78. The number of likely N-dealkylation sites (N-methyl/N-ethyl adjacent to an activating group) is 1. The van der Waals surface area contributed by atoms with Gasteiger partial charge in [0.05, 0.1) is 6.04 Å². The van der Waals surface area contributed by atoms with Gasteiger partial charge in [0.2, 0.25) is 5.91 Å². The van der Waals surface area contributed by atoms with E-state index < -0.39 is 0 Å². The van der Waals surface area contributed by atoms with Gasteiger partial charge in [-0.15, -0.1) is 0 Å². The van der Waals surface area contributed by atoms with Crippen molar-refractivity contribution in [2.45, 2.75) is 25.9 Å². The highest BCUT2D eigenvalue weighted by atomic mass is 35.5. The van der Waals surface area contributed by atoms with Gasteiger partial charge in [-0.3, -0.25) is 10.1 Å². The van der Waals surface area contributed by atoms with Crippen LogP contribution in [0, 0.1) is 5.82 Å². The quantitative estimate of drug-likeness (QED) is 0.914. The van der Waals surface area contributed by atoms with Gasteiger partial charge < -0.3 is 4.90 Å². The van der Waals surface area contributed by atoms with E-state index in [1.165, 1.54) is 17.0 Å². The van der Waals surface area contributed by atoms with E-state index in [1.807, 2.05) is 6.92 Å². The van der Waals surface area contributed by atoms with Gasteiger partial charge in [-0.2, -0.15) is 0 Å². The second-order valence-corrected chi connectivity index (χ2v) is 4.92. The third-order valence-corrected chi connectivity index (χ3v) is 3.07. The van der Waals surface area contributed by atoms with Crippen LogP contribution < -0.4 is 5.32 Å². The lowest BCUT2D eigenvalue weighted by Gasteiger charge is -2.23. The maximum atomic E-state index is 12.9. The lowest BCUT2D eigenvalue weighted by Crippen LogP contribution is -2.42. The van der Waals surface area contributed by atoms with E-state index >= 15 is 0 Å². The molecule has 100 valence electrons. The average Bonchev–Trinajstić information content (AvgIpc) is 2.27. The van der Waals surface area contributed by atoms with Crippen LogP contribution in [0.3, 0.4) is 0 Å². The molecule has 1 aromatic rings. The van der Waals surface area contributed by atoms with Crippen LogP contribution in [0.25, 0.3) is 0 Å². The Morgan fingerprint density at radius 2 is 2.00 bits per heavy atom. The Bertz CT molecular complexity index is 437. The summed E-state index contributed by atoms with van der Waals surface area (Å²) < 4.78 is 12.9. The molecule has 0 aromatic heterocycles. The molecule has 1 rings (SSSR count). The standard InChI is InChI=1S/C13H18ClFN2O/c1-8(16-9(2)13(18)17(3)4)11-6-5-10(15)7-12(11)14/h5-9,16H,1-4H3. The van der Waals surface area contributed by atoms with Gasteiger partial charge in [-0.1, -0.05) is 17.7 Å². The highest BCUT2D eigenvalue weighted by Crippen LogP contribution is 2.24. The first-order valence-corrected chi connectivity index (χ1v) is 6.13. The lowest BCUT2D eigenvalue weighted by atomic mass is 10.1. The molecule has 0 saturated heterocycles. The number of hydrogen-bond acceptors (Lipinski definition) is 2. The lowest BCUT2D eigenvalue weighted by molar-refractivity contribution is -0.130. The Kier molecular flexibility index (Phi) is 5.11. The molecule has 0 aliphatic rings. The second-order valence-electron chi connectivity index (χ2n) is 4.51. The monoisotopic (exact) mass is 272 g/mol. The molecule has 0 spiro atoms. The Morgan fingerprint density at radius 1 is 1.39 bits per heavy atom. The molecule has 0 saturated carbocycles. The number of halogens is 2. The summed E-state index contributed by atoms with van der Waals surface area (Å²) in [6, 6.07) is 3.81. The smallest absolute Gasteiger partial charge is 0.238 e. The fraction of sp³-hybridized carbons (Fsp3) is 0.462. The van der Waals surface area contributed by atoms with Gasteiger partial charge in [0.15, 0.2) is 0 Å². The van der Waals surface area contributed by atoms with E-state index in [1.54, 1.807) is 27.1 Å². The van der Waals surface area contributed by atoms with Crippen molar-refractivity contribution in [3.05, 3.63) is 34.6 Å². The van der Waals surface area contributed by atoms with Crippen LogP contribution in [0.4, 0.5) is 4.39 Å². The highest BCUT2D eigenvalue weighted by Gasteiger charge is 2.19. The van der Waals surface area contributed by atoms with Crippen molar-refractivity contribution in [2.75, 3.05) is 14.1 Å². The molecule has 1 amide bonds. The summed E-state index contributed by atoms with van der Waals surface area (Å²) in [6.45, 7) is 3.68. The van der Waals surface area contributed by atoms with Crippen molar-refractivity contribution in [3.63, 3.8) is 0 Å². The Balaban J connectivity index is 2.76. The molecule has 0 radical (unpaired) electrons. The van der Waals surface area contributed by atoms with Crippen LogP contribution in [0.2, 0.25) is 5.02 Å². The zero-order valence-corrected chi connectivity index (χ0v) is 11.8. The van der Waals surface area contributed by atoms with Gasteiger partial charge in [-0.05, 0) is 31.5 Å². The van der Waals surface area contributed by atoms with E-state index in [2.05, 4.69) is 5.32 Å². The first kappa shape index (κ1) is 14.9. The SMILES string of the molecule is CC(NC(C)c1ccc(F)cc1Cl)C(=O)N(C)C. The maximum Gasteiger partial charge on any atom is 0.238 e. The number of hydrogen-bond donors (Lipinski definition) is 1. The first-order valence-electron chi connectivity index (χ1n) is 5.75. The van der Waals surface area contributed by atoms with Gasteiger partial charge in [-0.25, -0.2) is 4.39 Å². The van der Waals surface area contributed by atoms with E-state index in [0.29, 0.717) is 5.02 Å². The van der Waals surface area contributed by atoms with Gasteiger partial charge in [0.1, 0.15) is 5.82 Å². The highest BCUT2D eigenvalue weighted by molar-refractivity contribution is 6.31. The van der Waals surface area contributed by atoms with Crippen LogP contribution in [-0.2, 0) is 4.79 Å². The van der Waals surface area contributed by atoms with Gasteiger partial charge in [0.25, 0.3) is 0 Å². The number of carbonyl (C=O) groups excluding carboxylic acids is 1. The molecule has 0 aliphatic heterocycles. The molecule has 5 heteroatoms.